The first-order valence-corrected chi connectivity index (χ1v) is 6.02. The summed E-state index contributed by atoms with van der Waals surface area (Å²) in [4.78, 5) is 3.98. The molecule has 0 aliphatic heterocycles. The standard InChI is InChI=1S/C12H17ClN2/c13-11-8-15-7-6-10(11)12(14)9-4-2-1-3-5-9/h6-9,12H,1-5,14H2. The fourth-order valence-corrected chi connectivity index (χ4v) is 2.65. The SMILES string of the molecule is NC(c1ccncc1Cl)C1CCCCC1. The molecule has 0 radical (unpaired) electrons. The Morgan fingerprint density at radius 3 is 2.73 bits per heavy atom. The fraction of sp³-hybridized carbons (Fsp3) is 0.583. The minimum Gasteiger partial charge on any atom is -0.324 e. The maximum atomic E-state index is 6.26. The van der Waals surface area contributed by atoms with Gasteiger partial charge in [-0.05, 0) is 30.4 Å². The Morgan fingerprint density at radius 2 is 2.07 bits per heavy atom. The molecule has 2 N–H and O–H groups in total. The largest absolute Gasteiger partial charge is 0.324 e. The summed E-state index contributed by atoms with van der Waals surface area (Å²) in [6.45, 7) is 0. The number of rotatable bonds is 2. The van der Waals surface area contributed by atoms with Crippen LogP contribution < -0.4 is 5.73 Å². The molecule has 1 heterocycles. The van der Waals surface area contributed by atoms with Crippen molar-refractivity contribution in [1.82, 2.24) is 4.98 Å². The highest BCUT2D eigenvalue weighted by atomic mass is 35.5. The molecule has 1 fully saturated rings. The van der Waals surface area contributed by atoms with E-state index in [1.807, 2.05) is 6.07 Å². The van der Waals surface area contributed by atoms with E-state index >= 15 is 0 Å². The molecule has 0 aromatic carbocycles. The minimum atomic E-state index is 0.0841. The molecular formula is C12H17ClN2. The van der Waals surface area contributed by atoms with Crippen molar-refractivity contribution in [2.45, 2.75) is 38.1 Å². The molecule has 82 valence electrons. The molecule has 0 bridgehead atoms. The third-order valence-corrected chi connectivity index (χ3v) is 3.64. The highest BCUT2D eigenvalue weighted by Crippen LogP contribution is 2.34. The lowest BCUT2D eigenvalue weighted by atomic mass is 9.82. The van der Waals surface area contributed by atoms with E-state index in [1.54, 1.807) is 12.4 Å². The monoisotopic (exact) mass is 224 g/mol. The topological polar surface area (TPSA) is 38.9 Å². The Bertz CT molecular complexity index is 321. The molecule has 1 unspecified atom stereocenters. The molecule has 1 atom stereocenters. The summed E-state index contributed by atoms with van der Waals surface area (Å²) >= 11 is 6.10. The van der Waals surface area contributed by atoms with E-state index in [0.717, 1.165) is 5.56 Å². The van der Waals surface area contributed by atoms with E-state index in [9.17, 15) is 0 Å². The molecule has 15 heavy (non-hydrogen) atoms. The molecule has 1 aromatic heterocycles. The molecule has 0 amide bonds. The summed E-state index contributed by atoms with van der Waals surface area (Å²) in [5, 5.41) is 0.704. The molecule has 2 nitrogen and oxygen atoms in total. The Kier molecular flexibility index (Phi) is 3.60. The van der Waals surface area contributed by atoms with Gasteiger partial charge in [0.15, 0.2) is 0 Å². The Balaban J connectivity index is 2.12. The Morgan fingerprint density at radius 1 is 1.33 bits per heavy atom. The van der Waals surface area contributed by atoms with Crippen molar-refractivity contribution in [3.63, 3.8) is 0 Å². The fourth-order valence-electron chi connectivity index (χ4n) is 2.40. The summed E-state index contributed by atoms with van der Waals surface area (Å²) < 4.78 is 0. The second kappa shape index (κ2) is 4.95. The summed E-state index contributed by atoms with van der Waals surface area (Å²) in [5.74, 6) is 0.596. The number of pyridine rings is 1. The highest BCUT2D eigenvalue weighted by Gasteiger charge is 2.23. The van der Waals surface area contributed by atoms with Crippen LogP contribution in [0.15, 0.2) is 18.5 Å². The van der Waals surface area contributed by atoms with Crippen LogP contribution in [0, 0.1) is 5.92 Å². The van der Waals surface area contributed by atoms with Crippen LogP contribution in [0.3, 0.4) is 0 Å². The van der Waals surface area contributed by atoms with Gasteiger partial charge in [0.1, 0.15) is 0 Å². The average Bonchev–Trinajstić information content (AvgIpc) is 2.30. The lowest BCUT2D eigenvalue weighted by molar-refractivity contribution is 0.308. The van der Waals surface area contributed by atoms with Crippen molar-refractivity contribution < 1.29 is 0 Å². The van der Waals surface area contributed by atoms with Crippen molar-refractivity contribution in [2.24, 2.45) is 11.7 Å². The lowest BCUT2D eigenvalue weighted by Gasteiger charge is -2.28. The Hall–Kier alpha value is -0.600. The van der Waals surface area contributed by atoms with Gasteiger partial charge in [-0.15, -0.1) is 0 Å². The first-order valence-electron chi connectivity index (χ1n) is 5.64. The van der Waals surface area contributed by atoms with E-state index in [-0.39, 0.29) is 6.04 Å². The van der Waals surface area contributed by atoms with Crippen LogP contribution in [-0.4, -0.2) is 4.98 Å². The number of aromatic nitrogens is 1. The van der Waals surface area contributed by atoms with Crippen LogP contribution in [0.4, 0.5) is 0 Å². The second-order valence-corrected chi connectivity index (χ2v) is 4.73. The van der Waals surface area contributed by atoms with Gasteiger partial charge in [0, 0.05) is 18.4 Å². The van der Waals surface area contributed by atoms with Gasteiger partial charge in [-0.25, -0.2) is 0 Å². The van der Waals surface area contributed by atoms with Crippen molar-refractivity contribution in [3.8, 4) is 0 Å². The maximum Gasteiger partial charge on any atom is 0.0637 e. The van der Waals surface area contributed by atoms with Crippen molar-refractivity contribution in [2.75, 3.05) is 0 Å². The number of hydrogen-bond acceptors (Lipinski definition) is 2. The third kappa shape index (κ3) is 2.50. The van der Waals surface area contributed by atoms with Crippen LogP contribution in [-0.2, 0) is 0 Å². The van der Waals surface area contributed by atoms with Gasteiger partial charge in [-0.2, -0.15) is 0 Å². The van der Waals surface area contributed by atoms with Gasteiger partial charge in [0.2, 0.25) is 0 Å². The summed E-state index contributed by atoms with van der Waals surface area (Å²) in [5.41, 5.74) is 7.31. The van der Waals surface area contributed by atoms with Gasteiger partial charge in [0.25, 0.3) is 0 Å². The molecule has 2 rings (SSSR count). The third-order valence-electron chi connectivity index (χ3n) is 3.32. The number of nitrogens with two attached hydrogens (primary N) is 1. The van der Waals surface area contributed by atoms with Gasteiger partial charge in [-0.1, -0.05) is 30.9 Å². The predicted molar refractivity (Wildman–Crippen MR) is 62.8 cm³/mol. The molecule has 0 saturated heterocycles. The molecule has 1 aromatic rings. The van der Waals surface area contributed by atoms with Crippen LogP contribution in [0.2, 0.25) is 5.02 Å². The van der Waals surface area contributed by atoms with Gasteiger partial charge in [0.05, 0.1) is 5.02 Å². The van der Waals surface area contributed by atoms with Crippen molar-refractivity contribution >= 4 is 11.6 Å². The van der Waals surface area contributed by atoms with Gasteiger partial charge in [-0.3, -0.25) is 4.98 Å². The molecule has 1 aliphatic rings. The summed E-state index contributed by atoms with van der Waals surface area (Å²) in [6.07, 6.45) is 9.89. The molecular weight excluding hydrogens is 208 g/mol. The zero-order chi connectivity index (χ0) is 10.7. The summed E-state index contributed by atoms with van der Waals surface area (Å²) in [7, 11) is 0. The molecule has 3 heteroatoms. The smallest absolute Gasteiger partial charge is 0.0637 e. The maximum absolute atomic E-state index is 6.26. The molecule has 1 aliphatic carbocycles. The zero-order valence-corrected chi connectivity index (χ0v) is 9.58. The average molecular weight is 225 g/mol. The first kappa shape index (κ1) is 10.9. The molecule has 1 saturated carbocycles. The van der Waals surface area contributed by atoms with Crippen LogP contribution >= 0.6 is 11.6 Å². The number of hydrogen-bond donors (Lipinski definition) is 1. The Labute approximate surface area is 95.8 Å². The molecule has 0 spiro atoms. The predicted octanol–water partition coefficient (Wildman–Crippen LogP) is 3.32. The van der Waals surface area contributed by atoms with E-state index in [2.05, 4.69) is 4.98 Å². The van der Waals surface area contributed by atoms with Crippen LogP contribution in [0.25, 0.3) is 0 Å². The van der Waals surface area contributed by atoms with Crippen LogP contribution in [0.1, 0.15) is 43.7 Å². The lowest BCUT2D eigenvalue weighted by Crippen LogP contribution is -2.23. The van der Waals surface area contributed by atoms with E-state index in [1.165, 1.54) is 32.1 Å². The zero-order valence-electron chi connectivity index (χ0n) is 8.82. The second-order valence-electron chi connectivity index (χ2n) is 4.32. The first-order chi connectivity index (χ1) is 7.29. The minimum absolute atomic E-state index is 0.0841. The highest BCUT2D eigenvalue weighted by molar-refractivity contribution is 6.31. The van der Waals surface area contributed by atoms with Gasteiger partial charge >= 0.3 is 0 Å². The summed E-state index contributed by atoms with van der Waals surface area (Å²) in [6, 6.07) is 2.03. The normalized spacial score (nSPS) is 20.1. The van der Waals surface area contributed by atoms with Crippen LogP contribution in [0.5, 0.6) is 0 Å². The quantitative estimate of drug-likeness (QED) is 0.837. The van der Waals surface area contributed by atoms with E-state index in [0.29, 0.717) is 10.9 Å². The number of nitrogens with zero attached hydrogens (tertiary/aromatic N) is 1. The van der Waals surface area contributed by atoms with E-state index in [4.69, 9.17) is 17.3 Å². The number of halogens is 1. The van der Waals surface area contributed by atoms with E-state index < -0.39 is 0 Å². The van der Waals surface area contributed by atoms with Crippen molar-refractivity contribution in [1.29, 1.82) is 0 Å². The van der Waals surface area contributed by atoms with Crippen molar-refractivity contribution in [3.05, 3.63) is 29.0 Å². The van der Waals surface area contributed by atoms with Gasteiger partial charge < -0.3 is 5.73 Å².